The molecule has 0 saturated heterocycles. The Morgan fingerprint density at radius 1 is 1.67 bits per heavy atom. The van der Waals surface area contributed by atoms with Gasteiger partial charge in [0.25, 0.3) is 0 Å². The zero-order valence-corrected chi connectivity index (χ0v) is 6.47. The number of nitrogens with zero attached hydrogens (tertiary/aromatic N) is 4. The first-order chi connectivity index (χ1) is 5.70. The highest BCUT2D eigenvalue weighted by atomic mass is 16.5. The summed E-state index contributed by atoms with van der Waals surface area (Å²) in [6, 6.07) is 0. The summed E-state index contributed by atoms with van der Waals surface area (Å²) in [4.78, 5) is 0. The Morgan fingerprint density at radius 2 is 2.42 bits per heavy atom. The lowest BCUT2D eigenvalue weighted by Crippen LogP contribution is -2.02. The number of rotatable bonds is 4. The van der Waals surface area contributed by atoms with Crippen LogP contribution in [0.4, 0.5) is 0 Å². The van der Waals surface area contributed by atoms with Gasteiger partial charge in [0, 0.05) is 0 Å². The Hall–Kier alpha value is -1.23. The van der Waals surface area contributed by atoms with E-state index in [9.17, 15) is 0 Å². The number of hydrogen-bond acceptors (Lipinski definition) is 4. The summed E-state index contributed by atoms with van der Waals surface area (Å²) in [5.74, 6) is 0.441. The average molecular weight is 164 g/mol. The van der Waals surface area contributed by atoms with Gasteiger partial charge in [0.15, 0.2) is 5.82 Å². The second-order valence-electron chi connectivity index (χ2n) is 2.19. The van der Waals surface area contributed by atoms with Gasteiger partial charge in [-0.2, -0.15) is 0 Å². The van der Waals surface area contributed by atoms with Gasteiger partial charge in [-0.3, -0.25) is 0 Å². The molecule has 12 heavy (non-hydrogen) atoms. The highest BCUT2D eigenvalue weighted by Crippen LogP contribution is 1.95. The molecule has 0 aromatic carbocycles. The molecule has 5 heteroatoms. The number of aromatic nitrogens is 4. The van der Waals surface area contributed by atoms with E-state index < -0.39 is 0 Å². The molecule has 5 nitrogen and oxygen atoms in total. The minimum absolute atomic E-state index is 0.222. The lowest BCUT2D eigenvalue weighted by Gasteiger charge is -2.00. The van der Waals surface area contributed by atoms with Crippen LogP contribution >= 0.6 is 0 Å². The molecule has 0 aliphatic carbocycles. The van der Waals surface area contributed by atoms with Gasteiger partial charge < -0.3 is 4.74 Å². The first kappa shape index (κ1) is 8.86. The molecule has 0 bridgehead atoms. The van der Waals surface area contributed by atoms with E-state index in [0.717, 1.165) is 4.68 Å². The Morgan fingerprint density at radius 3 is 2.92 bits per heavy atom. The number of ether oxygens (including phenoxy) is 1. The predicted molar refractivity (Wildman–Crippen MR) is 40.6 cm³/mol. The van der Waals surface area contributed by atoms with Gasteiger partial charge in [0.2, 0.25) is 0 Å². The Bertz CT molecular complexity index is 268. The van der Waals surface area contributed by atoms with Crippen LogP contribution < -0.4 is 0 Å². The van der Waals surface area contributed by atoms with Crippen LogP contribution in [0, 0.1) is 14.0 Å². The second kappa shape index (κ2) is 3.96. The summed E-state index contributed by atoms with van der Waals surface area (Å²) in [7, 11) is 5.30. The van der Waals surface area contributed by atoms with Crippen molar-refractivity contribution in [1.82, 2.24) is 20.2 Å². The molecule has 0 fully saturated rings. The minimum atomic E-state index is 0.222. The molecule has 0 aliphatic heterocycles. The van der Waals surface area contributed by atoms with Gasteiger partial charge in [-0.15, -0.1) is 5.10 Å². The van der Waals surface area contributed by atoms with E-state index in [1.165, 1.54) is 0 Å². The van der Waals surface area contributed by atoms with Gasteiger partial charge in [0.05, 0.1) is 6.61 Å². The first-order valence-electron chi connectivity index (χ1n) is 3.23. The van der Waals surface area contributed by atoms with E-state index in [0.29, 0.717) is 11.4 Å². The molecule has 1 rings (SSSR count). The summed E-state index contributed by atoms with van der Waals surface area (Å²) in [5.41, 5.74) is 0.450. The molecule has 0 saturated carbocycles. The van der Waals surface area contributed by atoms with Crippen molar-refractivity contribution in [2.24, 2.45) is 0 Å². The van der Waals surface area contributed by atoms with Crippen molar-refractivity contribution in [1.29, 1.82) is 0 Å². The predicted octanol–water partition coefficient (Wildman–Crippen LogP) is -0.0263. The standard InChI is InChI=1S/C7H8N4O/c1-6(2)4-12-5-7-8-9-10-11(7)3/h1,3H,2,4-5H2. The molecule has 0 atom stereocenters. The third-order valence-electron chi connectivity index (χ3n) is 1.08. The van der Waals surface area contributed by atoms with Crippen molar-refractivity contribution < 1.29 is 4.74 Å². The van der Waals surface area contributed by atoms with Gasteiger partial charge >= 0.3 is 0 Å². The topological polar surface area (TPSA) is 52.8 Å². The third kappa shape index (κ3) is 2.43. The molecule has 4 radical (unpaired) electrons. The number of hydrogen-bond donors (Lipinski definition) is 0. The SMILES string of the molecule is [CH]C(=C)COCc1nnnn1[CH]. The van der Waals surface area contributed by atoms with Crippen molar-refractivity contribution in [3.05, 3.63) is 31.9 Å². The maximum absolute atomic E-state index is 5.30. The lowest BCUT2D eigenvalue weighted by molar-refractivity contribution is 0.136. The molecule has 0 amide bonds. The average Bonchev–Trinajstić information content (AvgIpc) is 2.36. The fourth-order valence-corrected chi connectivity index (χ4v) is 0.581. The van der Waals surface area contributed by atoms with Crippen LogP contribution in [0.15, 0.2) is 12.2 Å². The quantitative estimate of drug-likeness (QED) is 0.627. The smallest absolute Gasteiger partial charge is 0.177 e. The van der Waals surface area contributed by atoms with Gasteiger partial charge in [-0.1, -0.05) is 6.58 Å². The van der Waals surface area contributed by atoms with Crippen LogP contribution in [-0.2, 0) is 11.3 Å². The lowest BCUT2D eigenvalue weighted by atomic mass is 10.4. The van der Waals surface area contributed by atoms with Crippen molar-refractivity contribution in [2.75, 3.05) is 6.61 Å². The molecular weight excluding hydrogens is 156 g/mol. The van der Waals surface area contributed by atoms with E-state index in [1.807, 2.05) is 0 Å². The van der Waals surface area contributed by atoms with Crippen molar-refractivity contribution in [2.45, 2.75) is 6.61 Å². The molecule has 0 spiro atoms. The van der Waals surface area contributed by atoms with Crippen LogP contribution in [0.3, 0.4) is 0 Å². The summed E-state index contributed by atoms with van der Waals surface area (Å²) < 4.78 is 6.09. The Kier molecular flexibility index (Phi) is 2.93. The Labute approximate surface area is 71.0 Å². The summed E-state index contributed by atoms with van der Waals surface area (Å²) >= 11 is 0. The van der Waals surface area contributed by atoms with Crippen LogP contribution in [0.25, 0.3) is 0 Å². The first-order valence-corrected chi connectivity index (χ1v) is 3.23. The molecular formula is C7H8N4O. The number of tetrazole rings is 1. The maximum atomic E-state index is 5.30. The molecule has 1 heterocycles. The van der Waals surface area contributed by atoms with Crippen LogP contribution in [-0.4, -0.2) is 26.8 Å². The monoisotopic (exact) mass is 164 g/mol. The zero-order valence-electron chi connectivity index (χ0n) is 6.47. The summed E-state index contributed by atoms with van der Waals surface area (Å²) in [6.45, 7) is 9.21. The van der Waals surface area contributed by atoms with E-state index in [4.69, 9.17) is 18.7 Å². The van der Waals surface area contributed by atoms with Gasteiger partial charge in [-0.05, 0) is 22.9 Å². The molecule has 0 aliphatic rings. The maximum Gasteiger partial charge on any atom is 0.177 e. The highest BCUT2D eigenvalue weighted by molar-refractivity contribution is 4.97. The summed E-state index contributed by atoms with van der Waals surface area (Å²) in [5, 5.41) is 10.3. The van der Waals surface area contributed by atoms with Crippen LogP contribution in [0.5, 0.6) is 0 Å². The Balaban J connectivity index is 2.33. The van der Waals surface area contributed by atoms with Crippen LogP contribution in [0.2, 0.25) is 0 Å². The fourth-order valence-electron chi connectivity index (χ4n) is 0.581. The van der Waals surface area contributed by atoms with Crippen LogP contribution in [0.1, 0.15) is 5.82 Å². The fraction of sp³-hybridized carbons (Fsp3) is 0.286. The van der Waals surface area contributed by atoms with Crippen molar-refractivity contribution in [3.8, 4) is 0 Å². The minimum Gasteiger partial charge on any atom is -0.369 e. The van der Waals surface area contributed by atoms with Crippen molar-refractivity contribution in [3.63, 3.8) is 0 Å². The van der Waals surface area contributed by atoms with Crippen molar-refractivity contribution >= 4 is 0 Å². The largest absolute Gasteiger partial charge is 0.369 e. The van der Waals surface area contributed by atoms with Gasteiger partial charge in [-0.25, -0.2) is 4.68 Å². The highest BCUT2D eigenvalue weighted by Gasteiger charge is 2.00. The molecule has 1 aromatic heterocycles. The molecule has 1 aromatic rings. The van der Waals surface area contributed by atoms with E-state index >= 15 is 0 Å². The third-order valence-corrected chi connectivity index (χ3v) is 1.08. The summed E-state index contributed by atoms with van der Waals surface area (Å²) in [6.07, 6.45) is 0. The van der Waals surface area contributed by atoms with E-state index in [2.05, 4.69) is 22.1 Å². The van der Waals surface area contributed by atoms with Gasteiger partial charge in [0.1, 0.15) is 13.7 Å². The zero-order chi connectivity index (χ0) is 8.97. The molecule has 0 unspecified atom stereocenters. The molecule has 0 N–H and O–H groups in total. The normalized spacial score (nSPS) is 10.2. The second-order valence-corrected chi connectivity index (χ2v) is 2.19. The molecule has 62 valence electrons. The van der Waals surface area contributed by atoms with E-state index in [1.54, 1.807) is 0 Å². The van der Waals surface area contributed by atoms with E-state index in [-0.39, 0.29) is 13.2 Å².